The molecule has 0 saturated heterocycles. The molecule has 0 spiro atoms. The number of nitrogens with zero attached hydrogens (tertiary/aromatic N) is 3. The van der Waals surface area contributed by atoms with Crippen molar-refractivity contribution in [2.45, 2.75) is 115 Å². The Labute approximate surface area is 349 Å². The van der Waals surface area contributed by atoms with E-state index in [9.17, 15) is 0 Å². The molecule has 0 radical (unpaired) electrons. The number of benzene rings is 2. The fraction of sp³-hybridized carbons (Fsp3) is 0.511. The van der Waals surface area contributed by atoms with E-state index in [0.29, 0.717) is 65.2 Å². The number of hydrogen-bond acceptors (Lipinski definition) is 3. The van der Waals surface area contributed by atoms with Gasteiger partial charge < -0.3 is 42.0 Å². The Morgan fingerprint density at radius 1 is 0.630 bits per heavy atom. The van der Waals surface area contributed by atoms with E-state index >= 15 is 0 Å². The van der Waals surface area contributed by atoms with Gasteiger partial charge in [0.1, 0.15) is 8.24 Å². The monoisotopic (exact) mass is 796 g/mol. The zero-order valence-electron chi connectivity index (χ0n) is 36.4. The van der Waals surface area contributed by atoms with Gasteiger partial charge in [-0.25, -0.2) is 0 Å². The van der Waals surface area contributed by atoms with E-state index in [1.54, 1.807) is 11.1 Å². The summed E-state index contributed by atoms with van der Waals surface area (Å²) < 4.78 is 0. The van der Waals surface area contributed by atoms with Crippen LogP contribution in [0, 0.1) is 46.0 Å². The van der Waals surface area contributed by atoms with Gasteiger partial charge in [0, 0.05) is 49.4 Å². The van der Waals surface area contributed by atoms with Crippen LogP contribution in [0.4, 0.5) is 11.4 Å². The van der Waals surface area contributed by atoms with Gasteiger partial charge in [0.25, 0.3) is 0 Å². The quantitative estimate of drug-likeness (QED) is 0.233. The van der Waals surface area contributed by atoms with Crippen LogP contribution in [0.2, 0.25) is 37.3 Å². The summed E-state index contributed by atoms with van der Waals surface area (Å²) >= 11 is 0. The molecule has 0 amide bonds. The molecule has 54 heavy (non-hydrogen) atoms. The number of anilines is 2. The van der Waals surface area contributed by atoms with E-state index in [-0.39, 0.29) is 44.0 Å². The minimum Gasteiger partial charge on any atom is -0.662 e. The van der Waals surface area contributed by atoms with Crippen LogP contribution in [0.3, 0.4) is 0 Å². The molecule has 0 aromatic heterocycles. The van der Waals surface area contributed by atoms with Gasteiger partial charge in [-0.05, 0) is 77.9 Å². The molecule has 2 saturated carbocycles. The first kappa shape index (κ1) is 46.5. The SMILES string of the molecule is CC1=CC2C(C=C1)C1c3ccccc3N(C)C1C2[Si](C)(C)NC(C)C.CC1=CC2C(C=C1)C1c3ccccc3N(C)C1C2[Si](C)(C)[N-]C(C)C.[CH3-].[CH3-].[CH3-].[Ti+4]. The predicted molar refractivity (Wildman–Crippen MR) is 241 cm³/mol. The van der Waals surface area contributed by atoms with Crippen LogP contribution in [-0.2, 0) is 21.7 Å². The normalized spacial score (nSPS) is 30.9. The van der Waals surface area contributed by atoms with Gasteiger partial charge in [-0.15, -0.1) is 6.04 Å². The number of hydrogen-bond donors (Lipinski definition) is 1. The fourth-order valence-corrected chi connectivity index (χ4v) is 20.4. The first-order chi connectivity index (χ1) is 23.6. The smallest absolute Gasteiger partial charge is 0.662 e. The number of allylic oxidation sites excluding steroid dienone is 8. The third-order valence-corrected chi connectivity index (χ3v) is 20.5. The topological polar surface area (TPSA) is 32.6 Å². The van der Waals surface area contributed by atoms with Crippen LogP contribution < -0.4 is 14.8 Å². The Morgan fingerprint density at radius 3 is 1.46 bits per heavy atom. The van der Waals surface area contributed by atoms with Gasteiger partial charge in [0.15, 0.2) is 0 Å². The molecule has 4 nitrogen and oxygen atoms in total. The average molecular weight is 797 g/mol. The van der Waals surface area contributed by atoms with Crippen molar-refractivity contribution in [2.24, 2.45) is 23.7 Å². The van der Waals surface area contributed by atoms with Crippen LogP contribution in [0.25, 0.3) is 4.98 Å². The molecule has 292 valence electrons. The maximum atomic E-state index is 5.32. The first-order valence-corrected chi connectivity index (χ1v) is 25.6. The summed E-state index contributed by atoms with van der Waals surface area (Å²) in [5.74, 6) is 3.83. The van der Waals surface area contributed by atoms with E-state index in [0.717, 1.165) is 5.54 Å². The summed E-state index contributed by atoms with van der Waals surface area (Å²) in [7, 11) is 1.30. The molecule has 1 N–H and O–H groups in total. The van der Waals surface area contributed by atoms with Crippen molar-refractivity contribution < 1.29 is 21.7 Å². The third kappa shape index (κ3) is 7.83. The molecular formula is C47H72N4Si2Ti. The summed E-state index contributed by atoms with van der Waals surface area (Å²) in [6.07, 6.45) is 14.9. The van der Waals surface area contributed by atoms with Crippen LogP contribution in [-0.4, -0.2) is 54.7 Å². The van der Waals surface area contributed by atoms with E-state index in [1.165, 1.54) is 22.5 Å². The fourth-order valence-electron chi connectivity index (χ4n) is 12.1. The molecule has 6 aliphatic rings. The molecule has 10 atom stereocenters. The van der Waals surface area contributed by atoms with Gasteiger partial charge in [-0.3, -0.25) is 0 Å². The summed E-state index contributed by atoms with van der Waals surface area (Å²) in [5, 5.41) is 0. The zero-order valence-corrected chi connectivity index (χ0v) is 39.9. The molecule has 2 heterocycles. The minimum atomic E-state index is -1.73. The van der Waals surface area contributed by atoms with Crippen molar-refractivity contribution in [3.63, 3.8) is 0 Å². The van der Waals surface area contributed by atoms with E-state index in [4.69, 9.17) is 4.98 Å². The molecule has 8 rings (SSSR count). The third-order valence-electron chi connectivity index (χ3n) is 13.2. The number of nitrogens with one attached hydrogen (secondary N) is 1. The van der Waals surface area contributed by atoms with E-state index in [2.05, 4.69) is 182 Å². The molecule has 2 aromatic carbocycles. The number of fused-ring (bicyclic) bond motifs is 10. The van der Waals surface area contributed by atoms with Crippen molar-refractivity contribution in [2.75, 3.05) is 23.9 Å². The maximum Gasteiger partial charge on any atom is 4.00 e. The average Bonchev–Trinajstić information content (AvgIpc) is 3.72. The first-order valence-electron chi connectivity index (χ1n) is 19.5. The van der Waals surface area contributed by atoms with Crippen molar-refractivity contribution in [1.82, 2.24) is 4.98 Å². The second-order valence-corrected chi connectivity index (χ2v) is 26.8. The second kappa shape index (κ2) is 17.3. The molecule has 2 aromatic rings. The van der Waals surface area contributed by atoms with Crippen molar-refractivity contribution >= 4 is 27.8 Å². The van der Waals surface area contributed by atoms with Crippen LogP contribution in [0.5, 0.6) is 0 Å². The van der Waals surface area contributed by atoms with Gasteiger partial charge >= 0.3 is 21.7 Å². The second-order valence-electron chi connectivity index (χ2n) is 18.2. The Balaban J connectivity index is 0.000000270. The van der Waals surface area contributed by atoms with Crippen molar-refractivity contribution in [1.29, 1.82) is 0 Å². The molecular weight excluding hydrogens is 725 g/mol. The number of para-hydroxylation sites is 2. The van der Waals surface area contributed by atoms with Crippen LogP contribution >= 0.6 is 0 Å². The van der Waals surface area contributed by atoms with E-state index in [1.807, 2.05) is 0 Å². The van der Waals surface area contributed by atoms with Gasteiger partial charge in [0.05, 0.1) is 0 Å². The van der Waals surface area contributed by atoms with Crippen molar-refractivity contribution in [3.8, 4) is 0 Å². The Morgan fingerprint density at radius 2 is 1.04 bits per heavy atom. The van der Waals surface area contributed by atoms with Gasteiger partial charge in [0.2, 0.25) is 0 Å². The predicted octanol–water partition coefficient (Wildman–Crippen LogP) is 12.0. The van der Waals surface area contributed by atoms with Crippen molar-refractivity contribution in [3.05, 3.63) is 135 Å². The standard InChI is InChI=1S/C22H32N2Si.C22H31N2Si.3CH3.Ti/c2*1-14(2)23-25(5,6)22-18-13-15(3)11-12-16(18)20-17-9-7-8-10-19(17)24(4)21(20)22;;;;/h7-14,16,18,20-23H,1-6H3;7-14,16,18,20-22H,1-6H3;3*1H3;/q;4*-1;+4. The number of rotatable bonds is 6. The minimum absolute atomic E-state index is 0. The summed E-state index contributed by atoms with van der Waals surface area (Å²) in [6.45, 7) is 23.7. The molecule has 2 aliphatic heterocycles. The molecule has 7 heteroatoms. The van der Waals surface area contributed by atoms with Gasteiger partial charge in [-0.1, -0.05) is 146 Å². The maximum absolute atomic E-state index is 5.32. The molecule has 4 aliphatic carbocycles. The zero-order chi connectivity index (χ0) is 35.9. The van der Waals surface area contributed by atoms with Gasteiger partial charge in [-0.2, -0.15) is 0 Å². The molecule has 10 unspecified atom stereocenters. The Bertz CT molecular complexity index is 1600. The molecule has 0 bridgehead atoms. The summed E-state index contributed by atoms with van der Waals surface area (Å²) in [6, 6.07) is 20.4. The largest absolute Gasteiger partial charge is 4.00 e. The summed E-state index contributed by atoms with van der Waals surface area (Å²) in [4.78, 5) is 14.5. The Kier molecular flexibility index (Phi) is 14.9. The Hall–Kier alpha value is -1.93. The number of likely N-dealkylation sites (N-methyl/N-ethyl adjacent to an activating group) is 2. The summed E-state index contributed by atoms with van der Waals surface area (Å²) in [5.41, 5.74) is 10.3. The van der Waals surface area contributed by atoms with Crippen LogP contribution in [0.15, 0.2) is 96.1 Å². The van der Waals surface area contributed by atoms with E-state index < -0.39 is 16.5 Å². The van der Waals surface area contributed by atoms with Crippen LogP contribution in [0.1, 0.15) is 64.5 Å². The molecule has 2 fully saturated rings.